The molecule has 1 amide bonds. The van der Waals surface area contributed by atoms with E-state index in [0.29, 0.717) is 30.8 Å². The first-order chi connectivity index (χ1) is 15.8. The average Bonchev–Trinajstić information content (AvgIpc) is 3.43. The lowest BCUT2D eigenvalue weighted by atomic mass is 10.2. The van der Waals surface area contributed by atoms with Crippen LogP contribution >= 0.6 is 23.1 Å². The van der Waals surface area contributed by atoms with Crippen LogP contribution in [0, 0.1) is 5.82 Å². The molecule has 0 aliphatic carbocycles. The van der Waals surface area contributed by atoms with Crippen LogP contribution in [0.15, 0.2) is 57.2 Å². The number of thioether (sulfide) groups is 1. The third kappa shape index (κ3) is 4.92. The van der Waals surface area contributed by atoms with Gasteiger partial charge in [0.2, 0.25) is 10.0 Å². The minimum absolute atomic E-state index is 0.0368. The largest absolute Gasteiger partial charge is 0.383 e. The molecule has 0 saturated carbocycles. The van der Waals surface area contributed by atoms with E-state index in [0.717, 1.165) is 27.2 Å². The summed E-state index contributed by atoms with van der Waals surface area (Å²) in [6, 6.07) is 9.82. The van der Waals surface area contributed by atoms with Crippen molar-refractivity contribution >= 4 is 49.2 Å². The smallest absolute Gasteiger partial charge is 0.266 e. The number of hydrogen-bond acceptors (Lipinski definition) is 6. The highest BCUT2D eigenvalue weighted by molar-refractivity contribution is 7.98. The molecule has 0 bridgehead atoms. The summed E-state index contributed by atoms with van der Waals surface area (Å²) < 4.78 is 48.8. The maximum atomic E-state index is 13.3. The summed E-state index contributed by atoms with van der Waals surface area (Å²) in [6.07, 6.45) is 2.95. The molecule has 1 fully saturated rings. The van der Waals surface area contributed by atoms with E-state index in [1.54, 1.807) is 18.9 Å². The van der Waals surface area contributed by atoms with Crippen molar-refractivity contribution in [2.45, 2.75) is 35.2 Å². The minimum Gasteiger partial charge on any atom is -0.383 e. The Bertz CT molecular complexity index is 1330. The normalized spacial score (nSPS) is 17.8. The number of hydrogen-bond donors (Lipinski definition) is 0. The SMILES string of the molecule is COCCn1c(=NC(=O)C2CCCN2S(=O)(=O)c2ccc(F)cc2)sc2cc(SC)ccc21. The minimum atomic E-state index is -3.94. The summed E-state index contributed by atoms with van der Waals surface area (Å²) in [5, 5.41) is 0. The summed E-state index contributed by atoms with van der Waals surface area (Å²) >= 11 is 3.03. The second-order valence-electron chi connectivity index (χ2n) is 7.54. The van der Waals surface area contributed by atoms with E-state index < -0.39 is 27.8 Å². The van der Waals surface area contributed by atoms with Gasteiger partial charge in [0.15, 0.2) is 4.80 Å². The van der Waals surface area contributed by atoms with E-state index >= 15 is 0 Å². The number of rotatable bonds is 7. The Morgan fingerprint density at radius 3 is 2.73 bits per heavy atom. The van der Waals surface area contributed by atoms with Crippen molar-refractivity contribution < 1.29 is 22.3 Å². The van der Waals surface area contributed by atoms with E-state index in [1.807, 2.05) is 23.0 Å². The van der Waals surface area contributed by atoms with Gasteiger partial charge in [0.05, 0.1) is 21.7 Å². The third-order valence-corrected chi connectivity index (χ3v) is 9.21. The van der Waals surface area contributed by atoms with Gasteiger partial charge in [0, 0.05) is 25.1 Å². The molecule has 3 aromatic rings. The van der Waals surface area contributed by atoms with Crippen LogP contribution in [0.5, 0.6) is 0 Å². The quantitative estimate of drug-likeness (QED) is 0.456. The van der Waals surface area contributed by atoms with Crippen LogP contribution in [0.25, 0.3) is 10.2 Å². The van der Waals surface area contributed by atoms with Crippen molar-refractivity contribution in [2.24, 2.45) is 4.99 Å². The fourth-order valence-corrected chi connectivity index (χ4v) is 7.12. The lowest BCUT2D eigenvalue weighted by molar-refractivity contribution is -0.121. The number of methoxy groups -OCH3 is 1. The number of benzene rings is 2. The number of amides is 1. The van der Waals surface area contributed by atoms with Crippen LogP contribution in [0.3, 0.4) is 0 Å². The lowest BCUT2D eigenvalue weighted by Gasteiger charge is -2.21. The Labute approximate surface area is 199 Å². The lowest BCUT2D eigenvalue weighted by Crippen LogP contribution is -2.40. The first kappa shape index (κ1) is 24.1. The van der Waals surface area contributed by atoms with Crippen LogP contribution in [0.4, 0.5) is 4.39 Å². The van der Waals surface area contributed by atoms with Crippen LogP contribution in [0.2, 0.25) is 0 Å². The maximum Gasteiger partial charge on any atom is 0.266 e. The highest BCUT2D eigenvalue weighted by Crippen LogP contribution is 2.28. The van der Waals surface area contributed by atoms with E-state index in [-0.39, 0.29) is 11.4 Å². The average molecular weight is 510 g/mol. The Balaban J connectivity index is 1.71. The van der Waals surface area contributed by atoms with Crippen LogP contribution in [0.1, 0.15) is 12.8 Å². The number of sulfonamides is 1. The summed E-state index contributed by atoms with van der Waals surface area (Å²) in [5.74, 6) is -1.02. The summed E-state index contributed by atoms with van der Waals surface area (Å²) in [6.45, 7) is 1.19. The zero-order chi connectivity index (χ0) is 23.6. The van der Waals surface area contributed by atoms with Crippen molar-refractivity contribution in [2.75, 3.05) is 26.5 Å². The number of thiazole rings is 1. The molecule has 0 spiro atoms. The Hall–Kier alpha value is -2.05. The molecule has 1 aliphatic heterocycles. The molecule has 1 aromatic heterocycles. The zero-order valence-corrected chi connectivity index (χ0v) is 20.7. The van der Waals surface area contributed by atoms with Crippen molar-refractivity contribution in [3.8, 4) is 0 Å². The standard InChI is InChI=1S/C22H24FN3O4S3/c1-30-13-12-25-18-10-7-16(31-2)14-20(18)32-22(25)24-21(27)19-4-3-11-26(19)33(28,29)17-8-5-15(23)6-9-17/h5-10,14,19H,3-4,11-13H2,1-2H3. The van der Waals surface area contributed by atoms with Gasteiger partial charge in [-0.2, -0.15) is 9.30 Å². The molecule has 7 nitrogen and oxygen atoms in total. The first-order valence-corrected chi connectivity index (χ1v) is 13.9. The molecule has 33 heavy (non-hydrogen) atoms. The highest BCUT2D eigenvalue weighted by atomic mass is 32.2. The predicted molar refractivity (Wildman–Crippen MR) is 127 cm³/mol. The monoisotopic (exact) mass is 509 g/mol. The Kier molecular flexibility index (Phi) is 7.34. The van der Waals surface area contributed by atoms with Gasteiger partial charge in [0.25, 0.3) is 5.91 Å². The number of aromatic nitrogens is 1. The molecule has 2 aromatic carbocycles. The summed E-state index contributed by atoms with van der Waals surface area (Å²) in [4.78, 5) is 19.2. The summed E-state index contributed by atoms with van der Waals surface area (Å²) in [5.41, 5.74) is 0.948. The second kappa shape index (κ2) is 10.1. The third-order valence-electron chi connectivity index (χ3n) is 5.52. The van der Waals surface area contributed by atoms with Crippen molar-refractivity contribution in [1.29, 1.82) is 0 Å². The summed E-state index contributed by atoms with van der Waals surface area (Å²) in [7, 11) is -2.33. The fourth-order valence-electron chi connectivity index (χ4n) is 3.85. The number of nitrogens with zero attached hydrogens (tertiary/aromatic N) is 3. The van der Waals surface area contributed by atoms with Gasteiger partial charge in [-0.1, -0.05) is 11.3 Å². The molecule has 1 aliphatic rings. The van der Waals surface area contributed by atoms with Crippen molar-refractivity contribution in [3.63, 3.8) is 0 Å². The second-order valence-corrected chi connectivity index (χ2v) is 11.3. The van der Waals surface area contributed by atoms with Gasteiger partial charge >= 0.3 is 0 Å². The molecule has 11 heteroatoms. The van der Waals surface area contributed by atoms with Crippen LogP contribution < -0.4 is 4.80 Å². The molecule has 0 radical (unpaired) electrons. The van der Waals surface area contributed by atoms with E-state index in [1.165, 1.54) is 27.8 Å². The van der Waals surface area contributed by atoms with Gasteiger partial charge in [-0.3, -0.25) is 4.79 Å². The Morgan fingerprint density at radius 1 is 1.27 bits per heavy atom. The molecule has 2 heterocycles. The van der Waals surface area contributed by atoms with E-state index in [9.17, 15) is 17.6 Å². The van der Waals surface area contributed by atoms with Gasteiger partial charge in [-0.25, -0.2) is 12.8 Å². The van der Waals surface area contributed by atoms with Crippen molar-refractivity contribution in [3.05, 3.63) is 53.1 Å². The molecule has 1 atom stereocenters. The van der Waals surface area contributed by atoms with E-state index in [2.05, 4.69) is 11.1 Å². The Morgan fingerprint density at radius 2 is 2.03 bits per heavy atom. The number of ether oxygens (including phenoxy) is 1. The molecule has 0 N–H and O–H groups in total. The molecular weight excluding hydrogens is 485 g/mol. The van der Waals surface area contributed by atoms with Crippen LogP contribution in [-0.4, -0.2) is 55.8 Å². The van der Waals surface area contributed by atoms with Gasteiger partial charge in [-0.05, 0) is 61.6 Å². The molecule has 1 unspecified atom stereocenters. The zero-order valence-electron chi connectivity index (χ0n) is 18.2. The molecule has 4 rings (SSSR count). The van der Waals surface area contributed by atoms with Gasteiger partial charge in [-0.15, -0.1) is 11.8 Å². The highest BCUT2D eigenvalue weighted by Gasteiger charge is 2.39. The number of halogens is 1. The van der Waals surface area contributed by atoms with Crippen molar-refractivity contribution in [1.82, 2.24) is 8.87 Å². The predicted octanol–water partition coefficient (Wildman–Crippen LogP) is 3.49. The topological polar surface area (TPSA) is 81.0 Å². The first-order valence-electron chi connectivity index (χ1n) is 10.4. The van der Waals surface area contributed by atoms with E-state index in [4.69, 9.17) is 4.74 Å². The van der Waals surface area contributed by atoms with Crippen LogP contribution in [-0.2, 0) is 26.1 Å². The molecular formula is C22H24FN3O4S3. The molecule has 1 saturated heterocycles. The fraction of sp³-hybridized carbons (Fsp3) is 0.364. The number of carbonyl (C=O) groups is 1. The number of carbonyl (C=O) groups excluding carboxylic acids is 1. The molecule has 176 valence electrons. The number of fused-ring (bicyclic) bond motifs is 1. The van der Waals surface area contributed by atoms with Gasteiger partial charge in [0.1, 0.15) is 11.9 Å². The van der Waals surface area contributed by atoms with Gasteiger partial charge < -0.3 is 9.30 Å². The maximum absolute atomic E-state index is 13.3.